The lowest BCUT2D eigenvalue weighted by molar-refractivity contribution is -0.255. The summed E-state index contributed by atoms with van der Waals surface area (Å²) < 4.78 is 37.2. The molecule has 0 saturated carbocycles. The van der Waals surface area contributed by atoms with Crippen LogP contribution in [0.25, 0.3) is 0 Å². The minimum atomic E-state index is -3.92. The summed E-state index contributed by atoms with van der Waals surface area (Å²) in [6.07, 6.45) is 0. The fourth-order valence-electron chi connectivity index (χ4n) is 1.96. The van der Waals surface area contributed by atoms with E-state index in [2.05, 4.69) is 4.72 Å². The van der Waals surface area contributed by atoms with Gasteiger partial charge in [-0.3, -0.25) is 4.72 Å². The summed E-state index contributed by atoms with van der Waals surface area (Å²) in [5.41, 5.74) is 0.0664. The van der Waals surface area contributed by atoms with Crippen LogP contribution in [0.4, 0.5) is 5.69 Å². The van der Waals surface area contributed by atoms with Crippen LogP contribution in [-0.4, -0.2) is 21.2 Å². The van der Waals surface area contributed by atoms with Gasteiger partial charge in [0.1, 0.15) is 0 Å². The first-order valence-electron chi connectivity index (χ1n) is 6.19. The summed E-state index contributed by atoms with van der Waals surface area (Å²) in [7, 11) is -3.92. The molecule has 7 nitrogen and oxygen atoms in total. The molecule has 8 heteroatoms. The number of sulfonamides is 1. The molecule has 0 amide bonds. The fourth-order valence-corrected chi connectivity index (χ4v) is 3.06. The van der Waals surface area contributed by atoms with Gasteiger partial charge >= 0.3 is 0 Å². The Morgan fingerprint density at radius 1 is 1.09 bits per heavy atom. The van der Waals surface area contributed by atoms with Crippen molar-refractivity contribution in [1.29, 1.82) is 0 Å². The highest BCUT2D eigenvalue weighted by Gasteiger charge is 2.18. The predicted octanol–water partition coefficient (Wildman–Crippen LogP) is 0.580. The maximum Gasteiger partial charge on any atom is 0.261 e. The first-order chi connectivity index (χ1) is 10.5. The molecular formula is C14H10NO6S-. The number of fused-ring (bicyclic) bond motifs is 1. The number of carbonyl (C=O) groups excluding carboxylic acids is 1. The summed E-state index contributed by atoms with van der Waals surface area (Å²) in [6.45, 7) is 0.0825. The Labute approximate surface area is 126 Å². The number of carboxylic acid groups (broad SMARTS) is 1. The molecule has 2 aromatic carbocycles. The van der Waals surface area contributed by atoms with Crippen molar-refractivity contribution in [3.05, 3.63) is 48.0 Å². The molecule has 1 N–H and O–H groups in total. The molecule has 22 heavy (non-hydrogen) atoms. The quantitative estimate of drug-likeness (QED) is 0.883. The van der Waals surface area contributed by atoms with E-state index in [4.69, 9.17) is 9.47 Å². The second kappa shape index (κ2) is 5.23. The van der Waals surface area contributed by atoms with E-state index in [0.717, 1.165) is 6.07 Å². The molecule has 0 aliphatic carbocycles. The van der Waals surface area contributed by atoms with Gasteiger partial charge in [0.05, 0.1) is 16.6 Å². The van der Waals surface area contributed by atoms with Crippen molar-refractivity contribution in [3.63, 3.8) is 0 Å². The van der Waals surface area contributed by atoms with Crippen LogP contribution in [0, 0.1) is 0 Å². The number of rotatable bonds is 4. The van der Waals surface area contributed by atoms with Gasteiger partial charge in [0.15, 0.2) is 11.5 Å². The van der Waals surface area contributed by atoms with Crippen LogP contribution >= 0.6 is 0 Å². The topological polar surface area (TPSA) is 105 Å². The van der Waals surface area contributed by atoms with E-state index in [1.54, 1.807) is 6.07 Å². The number of carbonyl (C=O) groups is 1. The fraction of sp³-hybridized carbons (Fsp3) is 0.0714. The van der Waals surface area contributed by atoms with Crippen LogP contribution in [0.1, 0.15) is 10.4 Å². The average Bonchev–Trinajstić information content (AvgIpc) is 2.94. The van der Waals surface area contributed by atoms with E-state index >= 15 is 0 Å². The second-order valence-electron chi connectivity index (χ2n) is 4.49. The van der Waals surface area contributed by atoms with Gasteiger partial charge in [-0.2, -0.15) is 0 Å². The first kappa shape index (κ1) is 14.2. The first-order valence-corrected chi connectivity index (χ1v) is 7.68. The van der Waals surface area contributed by atoms with Crippen molar-refractivity contribution >= 4 is 21.7 Å². The molecule has 1 aliphatic rings. The lowest BCUT2D eigenvalue weighted by atomic mass is 10.2. The third kappa shape index (κ3) is 2.68. The third-order valence-electron chi connectivity index (χ3n) is 3.00. The summed E-state index contributed by atoms with van der Waals surface area (Å²) >= 11 is 0. The maximum absolute atomic E-state index is 12.3. The Kier molecular flexibility index (Phi) is 3.38. The molecule has 3 rings (SSSR count). The number of nitrogens with one attached hydrogen (secondary N) is 1. The van der Waals surface area contributed by atoms with E-state index in [1.165, 1.54) is 30.3 Å². The van der Waals surface area contributed by atoms with Crippen LogP contribution in [0.2, 0.25) is 0 Å². The van der Waals surface area contributed by atoms with Crippen LogP contribution in [0.15, 0.2) is 47.4 Å². The van der Waals surface area contributed by atoms with Crippen molar-refractivity contribution in [2.24, 2.45) is 0 Å². The molecule has 0 unspecified atom stereocenters. The van der Waals surface area contributed by atoms with E-state index < -0.39 is 16.0 Å². The zero-order chi connectivity index (χ0) is 15.7. The Morgan fingerprint density at radius 3 is 2.64 bits per heavy atom. The summed E-state index contributed by atoms with van der Waals surface area (Å²) in [6, 6.07) is 9.51. The highest BCUT2D eigenvalue weighted by atomic mass is 32.2. The van der Waals surface area contributed by atoms with E-state index in [-0.39, 0.29) is 22.9 Å². The van der Waals surface area contributed by atoms with Crippen molar-refractivity contribution in [2.45, 2.75) is 4.90 Å². The van der Waals surface area contributed by atoms with Gasteiger partial charge in [-0.25, -0.2) is 8.42 Å². The Bertz CT molecular complexity index is 846. The summed E-state index contributed by atoms with van der Waals surface area (Å²) in [5, 5.41) is 10.8. The van der Waals surface area contributed by atoms with Crippen LogP contribution in [0.5, 0.6) is 11.5 Å². The molecule has 0 fully saturated rings. The molecule has 0 spiro atoms. The van der Waals surface area contributed by atoms with Gasteiger partial charge in [-0.15, -0.1) is 0 Å². The molecule has 0 aromatic heterocycles. The normalized spacial score (nSPS) is 12.9. The van der Waals surface area contributed by atoms with Gasteiger partial charge in [-0.05, 0) is 29.8 Å². The van der Waals surface area contributed by atoms with Crippen molar-refractivity contribution in [3.8, 4) is 11.5 Å². The van der Waals surface area contributed by atoms with Gasteiger partial charge in [0.2, 0.25) is 6.79 Å². The predicted molar refractivity (Wildman–Crippen MR) is 74.1 cm³/mol. The molecule has 0 saturated heterocycles. The second-order valence-corrected chi connectivity index (χ2v) is 6.17. The number of hydrogen-bond donors (Lipinski definition) is 1. The molecular weight excluding hydrogens is 310 g/mol. The molecule has 0 atom stereocenters. The largest absolute Gasteiger partial charge is 0.545 e. The Balaban J connectivity index is 1.90. The number of benzene rings is 2. The standard InChI is InChI=1S/C14H11NO6S/c16-14(17)9-2-1-3-11(6-9)22(18,19)15-10-4-5-12-13(7-10)21-8-20-12/h1-7,15H,8H2,(H,16,17)/p-1. The number of anilines is 1. The summed E-state index contributed by atoms with van der Waals surface area (Å²) in [5.74, 6) is -0.481. The SMILES string of the molecule is O=C([O-])c1cccc(S(=O)(=O)Nc2ccc3c(c2)OCO3)c1. The van der Waals surface area contributed by atoms with E-state index in [0.29, 0.717) is 11.5 Å². The number of hydrogen-bond acceptors (Lipinski definition) is 6. The van der Waals surface area contributed by atoms with Crippen molar-refractivity contribution in [1.82, 2.24) is 0 Å². The highest BCUT2D eigenvalue weighted by Crippen LogP contribution is 2.34. The van der Waals surface area contributed by atoms with Gasteiger partial charge in [0.25, 0.3) is 10.0 Å². The van der Waals surface area contributed by atoms with Crippen molar-refractivity contribution < 1.29 is 27.8 Å². The number of ether oxygens (including phenoxy) is 2. The monoisotopic (exact) mass is 320 g/mol. The average molecular weight is 320 g/mol. The molecule has 1 heterocycles. The highest BCUT2D eigenvalue weighted by molar-refractivity contribution is 7.92. The minimum absolute atomic E-state index is 0.0825. The van der Waals surface area contributed by atoms with Gasteiger partial charge in [0, 0.05) is 6.07 Å². The van der Waals surface area contributed by atoms with Crippen molar-refractivity contribution in [2.75, 3.05) is 11.5 Å². The smallest absolute Gasteiger partial charge is 0.261 e. The number of carboxylic acids is 1. The zero-order valence-electron chi connectivity index (χ0n) is 11.1. The van der Waals surface area contributed by atoms with Gasteiger partial charge < -0.3 is 19.4 Å². The Morgan fingerprint density at radius 2 is 1.86 bits per heavy atom. The molecule has 1 aliphatic heterocycles. The van der Waals surface area contributed by atoms with Gasteiger partial charge in [-0.1, -0.05) is 12.1 Å². The van der Waals surface area contributed by atoms with E-state index in [1.807, 2.05) is 0 Å². The van der Waals surface area contributed by atoms with Crippen LogP contribution < -0.4 is 19.3 Å². The van der Waals surface area contributed by atoms with Crippen LogP contribution in [-0.2, 0) is 10.0 Å². The number of aromatic carboxylic acids is 1. The Hall–Kier alpha value is -2.74. The molecule has 114 valence electrons. The van der Waals surface area contributed by atoms with E-state index in [9.17, 15) is 18.3 Å². The van der Waals surface area contributed by atoms with Crippen LogP contribution in [0.3, 0.4) is 0 Å². The lowest BCUT2D eigenvalue weighted by Gasteiger charge is -2.10. The molecule has 2 aromatic rings. The maximum atomic E-state index is 12.3. The lowest BCUT2D eigenvalue weighted by Crippen LogP contribution is -2.23. The third-order valence-corrected chi connectivity index (χ3v) is 4.38. The molecule has 0 radical (unpaired) electrons. The minimum Gasteiger partial charge on any atom is -0.545 e. The molecule has 0 bridgehead atoms. The zero-order valence-corrected chi connectivity index (χ0v) is 11.9. The summed E-state index contributed by atoms with van der Waals surface area (Å²) in [4.78, 5) is 10.6.